The smallest absolute Gasteiger partial charge is 0.279 e. The second-order valence-electron chi connectivity index (χ2n) is 5.82. The van der Waals surface area contributed by atoms with E-state index in [0.717, 1.165) is 0 Å². The van der Waals surface area contributed by atoms with Crippen LogP contribution in [0.15, 0.2) is 54.7 Å². The van der Waals surface area contributed by atoms with Crippen molar-refractivity contribution >= 4 is 11.8 Å². The fourth-order valence-electron chi connectivity index (χ4n) is 2.35. The van der Waals surface area contributed by atoms with E-state index in [-0.39, 0.29) is 5.56 Å². The fourth-order valence-corrected chi connectivity index (χ4v) is 2.35. The quantitative estimate of drug-likeness (QED) is 0.588. The number of carbonyl (C=O) groups is 2. The number of ether oxygens (including phenoxy) is 1. The van der Waals surface area contributed by atoms with Crippen molar-refractivity contribution in [1.29, 1.82) is 0 Å². The van der Waals surface area contributed by atoms with Crippen LogP contribution in [0.2, 0.25) is 0 Å². The topological polar surface area (TPSA) is 96.1 Å². The summed E-state index contributed by atoms with van der Waals surface area (Å²) in [6.45, 7) is 1.48. The summed E-state index contributed by atoms with van der Waals surface area (Å²) in [6.07, 6.45) is 0.352. The molecule has 0 bridgehead atoms. The summed E-state index contributed by atoms with van der Waals surface area (Å²) >= 11 is 0. The predicted molar refractivity (Wildman–Crippen MR) is 96.1 cm³/mol. The molecule has 1 aromatic heterocycles. The Morgan fingerprint density at radius 2 is 1.61 bits per heavy atom. The lowest BCUT2D eigenvalue weighted by Crippen LogP contribution is -2.47. The van der Waals surface area contributed by atoms with Gasteiger partial charge in [-0.3, -0.25) is 25.5 Å². The number of aromatic amines is 1. The van der Waals surface area contributed by atoms with Gasteiger partial charge in [-0.1, -0.05) is 0 Å². The number of H-pyrrole nitrogens is 1. The Kier molecular flexibility index (Phi) is 5.64. The Balaban J connectivity index is 1.59. The number of hydrazine groups is 1. The van der Waals surface area contributed by atoms with Crippen molar-refractivity contribution in [2.75, 3.05) is 0 Å². The minimum atomic E-state index is -0.938. The summed E-state index contributed by atoms with van der Waals surface area (Å²) in [5, 5.41) is 6.49. The summed E-state index contributed by atoms with van der Waals surface area (Å²) < 4.78 is 31.3. The van der Waals surface area contributed by atoms with E-state index in [1.54, 1.807) is 0 Å². The number of rotatable bonds is 5. The zero-order valence-corrected chi connectivity index (χ0v) is 14.7. The van der Waals surface area contributed by atoms with Crippen molar-refractivity contribution in [1.82, 2.24) is 21.0 Å². The van der Waals surface area contributed by atoms with Gasteiger partial charge in [-0.05, 0) is 55.5 Å². The monoisotopic (exact) mass is 386 g/mol. The Labute approximate surface area is 158 Å². The molecule has 0 saturated heterocycles. The molecule has 0 spiro atoms. The van der Waals surface area contributed by atoms with E-state index in [2.05, 4.69) is 21.0 Å². The van der Waals surface area contributed by atoms with Gasteiger partial charge in [-0.2, -0.15) is 5.10 Å². The summed E-state index contributed by atoms with van der Waals surface area (Å²) in [5.41, 5.74) is 5.62. The molecule has 0 fully saturated rings. The number of benzene rings is 2. The molecular weight excluding hydrogens is 370 g/mol. The molecule has 2 amide bonds. The molecule has 0 radical (unpaired) electrons. The van der Waals surface area contributed by atoms with E-state index in [1.165, 1.54) is 61.7 Å². The highest BCUT2D eigenvalue weighted by atomic mass is 19.1. The Morgan fingerprint density at radius 1 is 1.00 bits per heavy atom. The van der Waals surface area contributed by atoms with Crippen LogP contribution >= 0.6 is 0 Å². The molecule has 0 unspecified atom stereocenters. The average molecular weight is 386 g/mol. The number of halogens is 2. The zero-order chi connectivity index (χ0) is 20.1. The van der Waals surface area contributed by atoms with Crippen LogP contribution in [-0.4, -0.2) is 28.1 Å². The number of nitrogens with one attached hydrogen (secondary N) is 3. The van der Waals surface area contributed by atoms with Gasteiger partial charge < -0.3 is 4.74 Å². The van der Waals surface area contributed by atoms with Gasteiger partial charge in [0.25, 0.3) is 11.8 Å². The second kappa shape index (κ2) is 8.30. The maximum Gasteiger partial charge on any atom is 0.279 e. The lowest BCUT2D eigenvalue weighted by molar-refractivity contribution is -0.128. The van der Waals surface area contributed by atoms with E-state index in [0.29, 0.717) is 17.0 Å². The standard InChI is InChI=1S/C19H16F2N4O3/c1-11(28-15-8-6-14(21)7-9-15)18(26)24-25-19(27)16-10-22-23-17(16)12-2-4-13(20)5-3-12/h2-11H,1H3,(H,22,23)(H,24,26)(H,25,27)/t11-/m0/s1. The van der Waals surface area contributed by atoms with Gasteiger partial charge in [0, 0.05) is 5.56 Å². The maximum atomic E-state index is 13.1. The first-order valence-electron chi connectivity index (χ1n) is 8.26. The lowest BCUT2D eigenvalue weighted by atomic mass is 10.1. The van der Waals surface area contributed by atoms with Crippen LogP contribution in [0.25, 0.3) is 11.3 Å². The van der Waals surface area contributed by atoms with Crippen LogP contribution in [-0.2, 0) is 4.79 Å². The van der Waals surface area contributed by atoms with Crippen molar-refractivity contribution < 1.29 is 23.1 Å². The maximum absolute atomic E-state index is 13.1. The van der Waals surface area contributed by atoms with Crippen LogP contribution in [0.5, 0.6) is 5.75 Å². The number of amides is 2. The highest BCUT2D eigenvalue weighted by molar-refractivity contribution is 6.00. The molecule has 0 saturated carbocycles. The van der Waals surface area contributed by atoms with Crippen molar-refractivity contribution in [3.8, 4) is 17.0 Å². The molecule has 1 heterocycles. The number of aromatic nitrogens is 2. The molecule has 9 heteroatoms. The largest absolute Gasteiger partial charge is 0.481 e. The normalized spacial score (nSPS) is 11.5. The predicted octanol–water partition coefficient (Wildman–Crippen LogP) is 2.58. The summed E-state index contributed by atoms with van der Waals surface area (Å²) in [4.78, 5) is 24.4. The van der Waals surface area contributed by atoms with E-state index in [9.17, 15) is 18.4 Å². The summed E-state index contributed by atoms with van der Waals surface area (Å²) in [5.74, 6) is -1.74. The van der Waals surface area contributed by atoms with Crippen LogP contribution in [0.4, 0.5) is 8.78 Å². The van der Waals surface area contributed by atoms with Crippen LogP contribution in [0.3, 0.4) is 0 Å². The molecule has 0 aliphatic rings. The number of nitrogens with zero attached hydrogens (tertiary/aromatic N) is 1. The lowest BCUT2D eigenvalue weighted by Gasteiger charge is -2.15. The van der Waals surface area contributed by atoms with Gasteiger partial charge in [0.1, 0.15) is 17.4 Å². The third kappa shape index (κ3) is 4.50. The van der Waals surface area contributed by atoms with E-state index >= 15 is 0 Å². The first-order chi connectivity index (χ1) is 13.4. The molecule has 3 aromatic rings. The molecule has 144 valence electrons. The highest BCUT2D eigenvalue weighted by Gasteiger charge is 2.19. The van der Waals surface area contributed by atoms with Gasteiger partial charge >= 0.3 is 0 Å². The average Bonchev–Trinajstić information content (AvgIpc) is 3.18. The van der Waals surface area contributed by atoms with Gasteiger partial charge in [0.05, 0.1) is 17.5 Å². The van der Waals surface area contributed by atoms with Crippen molar-refractivity contribution in [3.05, 3.63) is 71.9 Å². The van der Waals surface area contributed by atoms with Crippen LogP contribution in [0, 0.1) is 11.6 Å². The van der Waals surface area contributed by atoms with E-state index in [1.807, 2.05) is 0 Å². The molecule has 0 aliphatic carbocycles. The molecule has 7 nitrogen and oxygen atoms in total. The first-order valence-corrected chi connectivity index (χ1v) is 8.26. The minimum Gasteiger partial charge on any atom is -0.481 e. The van der Waals surface area contributed by atoms with E-state index < -0.39 is 29.6 Å². The molecule has 1 atom stereocenters. The van der Waals surface area contributed by atoms with Crippen LogP contribution < -0.4 is 15.6 Å². The van der Waals surface area contributed by atoms with Gasteiger partial charge in [0.2, 0.25) is 0 Å². The number of hydrogen-bond acceptors (Lipinski definition) is 4. The van der Waals surface area contributed by atoms with Gasteiger partial charge in [-0.15, -0.1) is 0 Å². The SMILES string of the molecule is C[C@H](Oc1ccc(F)cc1)C(=O)NNC(=O)c1cn[nH]c1-c1ccc(F)cc1. The molecular formula is C19H16F2N4O3. The first kappa shape index (κ1) is 19.0. The highest BCUT2D eigenvalue weighted by Crippen LogP contribution is 2.21. The van der Waals surface area contributed by atoms with E-state index in [4.69, 9.17) is 4.74 Å². The van der Waals surface area contributed by atoms with Crippen molar-refractivity contribution in [2.24, 2.45) is 0 Å². The van der Waals surface area contributed by atoms with Gasteiger partial charge in [-0.25, -0.2) is 8.78 Å². The summed E-state index contributed by atoms with van der Waals surface area (Å²) in [6, 6.07) is 10.7. The third-order valence-electron chi connectivity index (χ3n) is 3.81. The summed E-state index contributed by atoms with van der Waals surface area (Å²) in [7, 11) is 0. The molecule has 28 heavy (non-hydrogen) atoms. The molecule has 3 N–H and O–H groups in total. The van der Waals surface area contributed by atoms with Crippen LogP contribution in [0.1, 0.15) is 17.3 Å². The molecule has 3 rings (SSSR count). The zero-order valence-electron chi connectivity index (χ0n) is 14.7. The fraction of sp³-hybridized carbons (Fsp3) is 0.105. The Hall–Kier alpha value is -3.75. The third-order valence-corrected chi connectivity index (χ3v) is 3.81. The minimum absolute atomic E-state index is 0.166. The second-order valence-corrected chi connectivity index (χ2v) is 5.82. The Bertz CT molecular complexity index is 972. The van der Waals surface area contributed by atoms with Crippen molar-refractivity contribution in [2.45, 2.75) is 13.0 Å². The van der Waals surface area contributed by atoms with Crippen molar-refractivity contribution in [3.63, 3.8) is 0 Å². The molecule has 0 aliphatic heterocycles. The number of carbonyl (C=O) groups excluding carboxylic acids is 2. The molecule has 2 aromatic carbocycles. The Morgan fingerprint density at radius 3 is 2.25 bits per heavy atom. The number of hydrogen-bond donors (Lipinski definition) is 3. The van der Waals surface area contributed by atoms with Gasteiger partial charge in [0.15, 0.2) is 6.10 Å².